The summed E-state index contributed by atoms with van der Waals surface area (Å²) in [6.45, 7) is 3.33. The van der Waals surface area contributed by atoms with Gasteiger partial charge in [-0.15, -0.1) is 0 Å². The van der Waals surface area contributed by atoms with Gasteiger partial charge in [0, 0.05) is 19.2 Å². The molecule has 0 unspecified atom stereocenters. The Kier molecular flexibility index (Phi) is 5.86. The van der Waals surface area contributed by atoms with Gasteiger partial charge in [-0.25, -0.2) is 9.37 Å². The zero-order valence-electron chi connectivity index (χ0n) is 18.9. The SMILES string of the molecule is COc1cc(C=C2CCCN3C2=NOCC[C@@H]3c2cccc(F)c2)ccc1-n1cnc(C)c1. The molecule has 1 fully saturated rings. The fourth-order valence-electron chi connectivity index (χ4n) is 4.63. The van der Waals surface area contributed by atoms with Gasteiger partial charge in [-0.05, 0) is 66.8 Å². The Labute approximate surface area is 192 Å². The van der Waals surface area contributed by atoms with Crippen LogP contribution in [0.4, 0.5) is 4.39 Å². The van der Waals surface area contributed by atoms with Gasteiger partial charge in [-0.1, -0.05) is 23.4 Å². The molecule has 6 nitrogen and oxygen atoms in total. The summed E-state index contributed by atoms with van der Waals surface area (Å²) in [6, 6.07) is 13.0. The highest BCUT2D eigenvalue weighted by Crippen LogP contribution is 2.34. The van der Waals surface area contributed by atoms with Crippen molar-refractivity contribution in [1.82, 2.24) is 14.5 Å². The number of aryl methyl sites for hydroxylation is 1. The molecule has 3 aromatic rings. The van der Waals surface area contributed by atoms with E-state index in [1.54, 1.807) is 25.6 Å². The lowest BCUT2D eigenvalue weighted by Crippen LogP contribution is -2.39. The van der Waals surface area contributed by atoms with Crippen LogP contribution in [0.5, 0.6) is 5.75 Å². The average molecular weight is 447 g/mol. The molecule has 0 bridgehead atoms. The van der Waals surface area contributed by atoms with Crippen molar-refractivity contribution < 1.29 is 14.0 Å². The number of amidine groups is 1. The second-order valence-corrected chi connectivity index (χ2v) is 8.43. The van der Waals surface area contributed by atoms with Crippen LogP contribution in [0.3, 0.4) is 0 Å². The van der Waals surface area contributed by atoms with Gasteiger partial charge in [-0.3, -0.25) is 0 Å². The first-order chi connectivity index (χ1) is 16.1. The first-order valence-electron chi connectivity index (χ1n) is 11.2. The van der Waals surface area contributed by atoms with Crippen LogP contribution >= 0.6 is 0 Å². The molecule has 0 aliphatic carbocycles. The van der Waals surface area contributed by atoms with E-state index < -0.39 is 0 Å². The molecule has 0 amide bonds. The topological polar surface area (TPSA) is 51.9 Å². The number of hydrogen-bond donors (Lipinski definition) is 0. The Bertz CT molecular complexity index is 1220. The monoisotopic (exact) mass is 446 g/mol. The molecule has 1 saturated heterocycles. The van der Waals surface area contributed by atoms with Crippen molar-refractivity contribution in [2.24, 2.45) is 5.16 Å². The summed E-state index contributed by atoms with van der Waals surface area (Å²) in [4.78, 5) is 12.2. The average Bonchev–Trinajstić information content (AvgIpc) is 3.13. The minimum Gasteiger partial charge on any atom is -0.495 e. The number of piperidine rings is 1. The van der Waals surface area contributed by atoms with E-state index in [2.05, 4.69) is 27.2 Å². The summed E-state index contributed by atoms with van der Waals surface area (Å²) >= 11 is 0. The van der Waals surface area contributed by atoms with Gasteiger partial charge in [-0.2, -0.15) is 0 Å². The molecule has 3 heterocycles. The summed E-state index contributed by atoms with van der Waals surface area (Å²) in [5.74, 6) is 1.39. The second-order valence-electron chi connectivity index (χ2n) is 8.43. The molecule has 7 heteroatoms. The molecule has 2 aromatic carbocycles. The lowest BCUT2D eigenvalue weighted by Gasteiger charge is -2.36. The van der Waals surface area contributed by atoms with Crippen LogP contribution in [0.1, 0.15) is 42.1 Å². The van der Waals surface area contributed by atoms with Gasteiger partial charge in [0.05, 0.1) is 30.9 Å². The van der Waals surface area contributed by atoms with Crippen molar-refractivity contribution in [3.05, 3.63) is 83.2 Å². The lowest BCUT2D eigenvalue weighted by molar-refractivity contribution is 0.140. The number of rotatable bonds is 4. The van der Waals surface area contributed by atoms with Crippen LogP contribution in [0.15, 0.2) is 65.7 Å². The first-order valence-corrected chi connectivity index (χ1v) is 11.2. The number of benzene rings is 2. The zero-order valence-corrected chi connectivity index (χ0v) is 18.9. The largest absolute Gasteiger partial charge is 0.495 e. The van der Waals surface area contributed by atoms with Gasteiger partial charge in [0.25, 0.3) is 0 Å². The Morgan fingerprint density at radius 2 is 2.12 bits per heavy atom. The van der Waals surface area contributed by atoms with Crippen LogP contribution in [0.2, 0.25) is 0 Å². The number of nitrogens with zero attached hydrogens (tertiary/aromatic N) is 4. The molecule has 0 spiro atoms. The minimum atomic E-state index is -0.218. The third-order valence-corrected chi connectivity index (χ3v) is 6.18. The van der Waals surface area contributed by atoms with Crippen LogP contribution in [0.25, 0.3) is 11.8 Å². The number of aromatic nitrogens is 2. The van der Waals surface area contributed by atoms with Gasteiger partial charge >= 0.3 is 0 Å². The highest BCUT2D eigenvalue weighted by molar-refractivity contribution is 6.02. The van der Waals surface area contributed by atoms with Gasteiger partial charge in [0.2, 0.25) is 0 Å². The smallest absolute Gasteiger partial charge is 0.171 e. The van der Waals surface area contributed by atoms with Crippen molar-refractivity contribution in [2.45, 2.75) is 32.2 Å². The van der Waals surface area contributed by atoms with E-state index in [1.165, 1.54) is 6.07 Å². The molecular weight excluding hydrogens is 419 g/mol. The Morgan fingerprint density at radius 1 is 1.21 bits per heavy atom. The van der Waals surface area contributed by atoms with E-state index in [-0.39, 0.29) is 11.9 Å². The molecule has 0 N–H and O–H groups in total. The number of hydrogen-bond acceptors (Lipinski definition) is 5. The van der Waals surface area contributed by atoms with Crippen LogP contribution in [-0.2, 0) is 4.84 Å². The summed E-state index contributed by atoms with van der Waals surface area (Å²) in [6.07, 6.45) is 8.57. The Balaban J connectivity index is 1.48. The van der Waals surface area contributed by atoms with Crippen LogP contribution in [0, 0.1) is 12.7 Å². The number of halogens is 1. The molecule has 2 aliphatic heterocycles. The number of methoxy groups -OCH3 is 1. The van der Waals surface area contributed by atoms with Crippen molar-refractivity contribution in [3.8, 4) is 11.4 Å². The normalized spacial score (nSPS) is 19.5. The molecular formula is C26H27FN4O2. The summed E-state index contributed by atoms with van der Waals surface area (Å²) < 4.78 is 21.6. The van der Waals surface area contributed by atoms with Gasteiger partial charge in [0.1, 0.15) is 18.2 Å². The van der Waals surface area contributed by atoms with Crippen LogP contribution < -0.4 is 4.74 Å². The van der Waals surface area contributed by atoms with E-state index in [4.69, 9.17) is 9.57 Å². The van der Waals surface area contributed by atoms with E-state index in [1.807, 2.05) is 35.9 Å². The number of fused-ring (bicyclic) bond motifs is 1. The summed E-state index contributed by atoms with van der Waals surface area (Å²) in [5.41, 5.74) is 4.98. The minimum absolute atomic E-state index is 0.0343. The fraction of sp³-hybridized carbons (Fsp3) is 0.308. The van der Waals surface area contributed by atoms with Crippen LogP contribution in [-0.4, -0.2) is 40.5 Å². The zero-order chi connectivity index (χ0) is 22.8. The second kappa shape index (κ2) is 9.10. The standard InChI is InChI=1S/C26H27FN4O2/c1-18-16-30(17-28-18)24-9-8-19(14-25(24)32-2)13-21-6-4-11-31-23(10-12-33-29-26(21)31)20-5-3-7-22(27)15-20/h3,5,7-9,13-17,23H,4,6,10-12H2,1-2H3/t23-/m1/s1. The molecule has 2 aliphatic rings. The van der Waals surface area contributed by atoms with Crippen molar-refractivity contribution >= 4 is 11.9 Å². The maximum Gasteiger partial charge on any atom is 0.171 e. The highest BCUT2D eigenvalue weighted by Gasteiger charge is 2.31. The van der Waals surface area contributed by atoms with Crippen molar-refractivity contribution in [1.29, 1.82) is 0 Å². The maximum atomic E-state index is 13.9. The van der Waals surface area contributed by atoms with Gasteiger partial charge < -0.3 is 19.0 Å². The first kappa shape index (κ1) is 21.2. The Morgan fingerprint density at radius 3 is 2.91 bits per heavy atom. The quantitative estimate of drug-likeness (QED) is 0.547. The molecule has 5 rings (SSSR count). The molecule has 1 aromatic heterocycles. The molecule has 33 heavy (non-hydrogen) atoms. The number of ether oxygens (including phenoxy) is 1. The van der Waals surface area contributed by atoms with E-state index in [9.17, 15) is 4.39 Å². The van der Waals surface area contributed by atoms with Crippen molar-refractivity contribution in [3.63, 3.8) is 0 Å². The highest BCUT2D eigenvalue weighted by atomic mass is 19.1. The number of oxime groups is 1. The third kappa shape index (κ3) is 4.35. The van der Waals surface area contributed by atoms with Crippen molar-refractivity contribution in [2.75, 3.05) is 20.3 Å². The number of imidazole rings is 1. The van der Waals surface area contributed by atoms with E-state index in [0.717, 1.165) is 65.5 Å². The molecule has 0 radical (unpaired) electrons. The summed E-state index contributed by atoms with van der Waals surface area (Å²) in [7, 11) is 1.68. The van der Waals surface area contributed by atoms with E-state index in [0.29, 0.717) is 6.61 Å². The fourth-order valence-corrected chi connectivity index (χ4v) is 4.63. The predicted molar refractivity (Wildman–Crippen MR) is 126 cm³/mol. The molecule has 0 saturated carbocycles. The molecule has 170 valence electrons. The van der Waals surface area contributed by atoms with Gasteiger partial charge in [0.15, 0.2) is 5.84 Å². The molecule has 1 atom stereocenters. The maximum absolute atomic E-state index is 13.9. The Hall–Kier alpha value is -3.61. The predicted octanol–water partition coefficient (Wildman–Crippen LogP) is 5.28. The lowest BCUT2D eigenvalue weighted by atomic mass is 9.95. The van der Waals surface area contributed by atoms with E-state index >= 15 is 0 Å². The summed E-state index contributed by atoms with van der Waals surface area (Å²) in [5, 5.41) is 4.47. The third-order valence-electron chi connectivity index (χ3n) is 6.18.